The van der Waals surface area contributed by atoms with Gasteiger partial charge in [-0.3, -0.25) is 14.3 Å². The van der Waals surface area contributed by atoms with Gasteiger partial charge in [0.2, 0.25) is 0 Å². The first kappa shape index (κ1) is 16.0. The molecule has 0 spiro atoms. The summed E-state index contributed by atoms with van der Waals surface area (Å²) >= 11 is 0. The van der Waals surface area contributed by atoms with Crippen LogP contribution in [0, 0.1) is 19.3 Å². The topological polar surface area (TPSA) is 84.3 Å². The Balaban J connectivity index is 0.000000956. The van der Waals surface area contributed by atoms with Crippen molar-refractivity contribution in [1.29, 1.82) is 0 Å². The van der Waals surface area contributed by atoms with Gasteiger partial charge in [0.05, 0.1) is 6.61 Å². The second-order valence-electron chi connectivity index (χ2n) is 4.04. The third-order valence-electron chi connectivity index (χ3n) is 2.76. The summed E-state index contributed by atoms with van der Waals surface area (Å²) in [4.78, 5) is 25.1. The molecule has 0 saturated carbocycles. The Morgan fingerprint density at radius 3 is 2.70 bits per heavy atom. The molecule has 1 aromatic rings. The largest absolute Gasteiger partial charge is 0.392 e. The maximum absolute atomic E-state index is 11.6. The first-order valence-corrected chi connectivity index (χ1v) is 6.29. The zero-order valence-corrected chi connectivity index (χ0v) is 11.7. The van der Waals surface area contributed by atoms with Crippen LogP contribution in [0.4, 0.5) is 0 Å². The van der Waals surface area contributed by atoms with Crippen LogP contribution >= 0.6 is 0 Å². The lowest BCUT2D eigenvalue weighted by atomic mass is 10.1. The van der Waals surface area contributed by atoms with Crippen molar-refractivity contribution in [2.45, 2.75) is 32.6 Å². The number of aliphatic hydroxyl groups is 1. The summed E-state index contributed by atoms with van der Waals surface area (Å²) in [7, 11) is 0. The Bertz CT molecular complexity index is 650. The van der Waals surface area contributed by atoms with Crippen LogP contribution in [0.2, 0.25) is 0 Å². The smallest absolute Gasteiger partial charge is 0.330 e. The highest BCUT2D eigenvalue weighted by Gasteiger charge is 2.34. The van der Waals surface area contributed by atoms with Gasteiger partial charge in [0, 0.05) is 11.8 Å². The van der Waals surface area contributed by atoms with Gasteiger partial charge in [-0.05, 0) is 19.1 Å². The van der Waals surface area contributed by atoms with Crippen LogP contribution in [0.3, 0.4) is 0 Å². The van der Waals surface area contributed by atoms with E-state index < -0.39 is 23.1 Å². The number of aromatic amines is 1. The number of nitrogens with one attached hydrogen (secondary N) is 1. The van der Waals surface area contributed by atoms with E-state index in [0.717, 1.165) is 0 Å². The molecule has 20 heavy (non-hydrogen) atoms. The lowest BCUT2D eigenvalue weighted by Gasteiger charge is -2.21. The minimum Gasteiger partial charge on any atom is -0.392 e. The molecule has 0 bridgehead atoms. The number of aliphatic hydroxyl groups excluding tert-OH is 1. The van der Waals surface area contributed by atoms with Crippen LogP contribution in [0.15, 0.2) is 27.9 Å². The van der Waals surface area contributed by atoms with Gasteiger partial charge in [0.25, 0.3) is 5.56 Å². The highest BCUT2D eigenvalue weighted by Crippen LogP contribution is 2.27. The fraction of sp³-hybridized carbons (Fsp3) is 0.429. The van der Waals surface area contributed by atoms with Crippen LogP contribution in [0.1, 0.15) is 25.6 Å². The predicted molar refractivity (Wildman–Crippen MR) is 75.3 cm³/mol. The molecule has 2 unspecified atom stereocenters. The molecular formula is C14H18N2O4. The van der Waals surface area contributed by atoms with Crippen LogP contribution in [-0.4, -0.2) is 26.9 Å². The second kappa shape index (κ2) is 6.37. The quantitative estimate of drug-likeness (QED) is 0.603. The summed E-state index contributed by atoms with van der Waals surface area (Å²) in [6, 6.07) is 0. The molecule has 2 atom stereocenters. The standard InChI is InChI=1S/C12H12N2O4.C2H6/c1-3-12(7-15)5-4-9(18-12)14-6-8(2)10(16)13-11(14)17;1-2/h1,4-6,9,15H,7H2,2H3,(H,13,16,17);1-2H3. The van der Waals surface area contributed by atoms with E-state index in [1.807, 2.05) is 13.8 Å². The van der Waals surface area contributed by atoms with Gasteiger partial charge in [-0.15, -0.1) is 6.42 Å². The number of hydrogen-bond acceptors (Lipinski definition) is 4. The number of rotatable bonds is 2. The first-order valence-electron chi connectivity index (χ1n) is 6.29. The van der Waals surface area contributed by atoms with Crippen molar-refractivity contribution >= 4 is 0 Å². The minimum absolute atomic E-state index is 0.381. The minimum atomic E-state index is -1.21. The Kier molecular flexibility index (Phi) is 5.08. The summed E-state index contributed by atoms with van der Waals surface area (Å²) in [6.07, 6.45) is 9.01. The van der Waals surface area contributed by atoms with Crippen molar-refractivity contribution in [2.75, 3.05) is 6.61 Å². The maximum Gasteiger partial charge on any atom is 0.330 e. The van der Waals surface area contributed by atoms with E-state index >= 15 is 0 Å². The maximum atomic E-state index is 11.6. The zero-order chi connectivity index (χ0) is 15.3. The van der Waals surface area contributed by atoms with Crippen molar-refractivity contribution in [2.24, 2.45) is 0 Å². The van der Waals surface area contributed by atoms with Crippen LogP contribution in [0.25, 0.3) is 0 Å². The van der Waals surface area contributed by atoms with Gasteiger partial charge >= 0.3 is 5.69 Å². The van der Waals surface area contributed by atoms with Crippen molar-refractivity contribution in [3.05, 3.63) is 44.8 Å². The van der Waals surface area contributed by atoms with E-state index in [4.69, 9.17) is 11.2 Å². The Morgan fingerprint density at radius 1 is 1.55 bits per heavy atom. The summed E-state index contributed by atoms with van der Waals surface area (Å²) in [6.45, 7) is 5.20. The fourth-order valence-electron chi connectivity index (χ4n) is 1.67. The lowest BCUT2D eigenvalue weighted by Crippen LogP contribution is -2.36. The Morgan fingerprint density at radius 2 is 2.20 bits per heavy atom. The Labute approximate surface area is 116 Å². The number of hydrogen-bond donors (Lipinski definition) is 2. The van der Waals surface area contributed by atoms with E-state index in [1.165, 1.54) is 16.8 Å². The summed E-state index contributed by atoms with van der Waals surface area (Å²) in [5.41, 5.74) is -1.86. The molecule has 0 aromatic carbocycles. The average Bonchev–Trinajstić information content (AvgIpc) is 2.90. The molecule has 108 valence electrons. The molecule has 1 aliphatic heterocycles. The molecule has 6 nitrogen and oxygen atoms in total. The van der Waals surface area contributed by atoms with Crippen molar-refractivity contribution < 1.29 is 9.84 Å². The van der Waals surface area contributed by atoms with E-state index in [0.29, 0.717) is 5.56 Å². The molecule has 0 amide bonds. The molecule has 1 aromatic heterocycles. The molecule has 2 heterocycles. The van der Waals surface area contributed by atoms with Crippen molar-refractivity contribution in [3.8, 4) is 12.3 Å². The summed E-state index contributed by atoms with van der Waals surface area (Å²) in [5.74, 6) is 2.33. The summed E-state index contributed by atoms with van der Waals surface area (Å²) in [5, 5.41) is 9.19. The average molecular weight is 278 g/mol. The van der Waals surface area contributed by atoms with Gasteiger partial charge < -0.3 is 9.84 Å². The Hall–Kier alpha value is -2.10. The molecule has 6 heteroatoms. The SMILES string of the molecule is C#CC1(CO)C=CC(n2cc(C)c(=O)[nH]c2=O)O1.CC. The summed E-state index contributed by atoms with van der Waals surface area (Å²) < 4.78 is 6.66. The van der Waals surface area contributed by atoms with E-state index in [1.54, 1.807) is 13.0 Å². The molecule has 0 radical (unpaired) electrons. The molecule has 2 N–H and O–H groups in total. The van der Waals surface area contributed by atoms with Gasteiger partial charge in [0.1, 0.15) is 0 Å². The molecule has 1 aliphatic rings. The third kappa shape index (κ3) is 2.90. The molecule has 0 saturated heterocycles. The van der Waals surface area contributed by atoms with Gasteiger partial charge in [0.15, 0.2) is 11.8 Å². The monoisotopic (exact) mass is 278 g/mol. The second-order valence-corrected chi connectivity index (χ2v) is 4.04. The fourth-order valence-corrected chi connectivity index (χ4v) is 1.67. The zero-order valence-electron chi connectivity index (χ0n) is 11.7. The van der Waals surface area contributed by atoms with Gasteiger partial charge in [-0.25, -0.2) is 4.79 Å². The van der Waals surface area contributed by atoms with Gasteiger partial charge in [-0.1, -0.05) is 19.8 Å². The number of ether oxygens (including phenoxy) is 1. The molecule has 0 aliphatic carbocycles. The van der Waals surface area contributed by atoms with E-state index in [9.17, 15) is 14.7 Å². The van der Waals surface area contributed by atoms with Crippen molar-refractivity contribution in [3.63, 3.8) is 0 Å². The highest BCUT2D eigenvalue weighted by atomic mass is 16.5. The number of nitrogens with zero attached hydrogens (tertiary/aromatic N) is 1. The van der Waals surface area contributed by atoms with Crippen LogP contribution < -0.4 is 11.2 Å². The molecular weight excluding hydrogens is 260 g/mol. The van der Waals surface area contributed by atoms with Gasteiger partial charge in [-0.2, -0.15) is 0 Å². The highest BCUT2D eigenvalue weighted by molar-refractivity contribution is 5.25. The number of aromatic nitrogens is 2. The molecule has 2 rings (SSSR count). The number of aryl methyl sites for hydroxylation is 1. The normalized spacial score (nSPS) is 23.9. The number of terminal acetylenes is 1. The molecule has 0 fully saturated rings. The van der Waals surface area contributed by atoms with Crippen molar-refractivity contribution in [1.82, 2.24) is 9.55 Å². The predicted octanol–water partition coefficient (Wildman–Crippen LogP) is 0.321. The first-order chi connectivity index (χ1) is 9.51. The number of H-pyrrole nitrogens is 1. The van der Waals surface area contributed by atoms with Crippen LogP contribution in [0.5, 0.6) is 0 Å². The van der Waals surface area contributed by atoms with E-state index in [2.05, 4.69) is 10.9 Å². The van der Waals surface area contributed by atoms with Crippen LogP contribution in [-0.2, 0) is 4.74 Å². The third-order valence-corrected chi connectivity index (χ3v) is 2.76. The van der Waals surface area contributed by atoms with E-state index in [-0.39, 0.29) is 6.61 Å². The lowest BCUT2D eigenvalue weighted by molar-refractivity contribution is -0.0503.